The van der Waals surface area contributed by atoms with Crippen LogP contribution in [-0.4, -0.2) is 19.0 Å². The number of thiophene rings is 1. The Morgan fingerprint density at radius 2 is 2.08 bits per heavy atom. The third-order valence-corrected chi connectivity index (χ3v) is 4.74. The molecule has 1 aromatic heterocycles. The molecule has 0 saturated heterocycles. The quantitative estimate of drug-likeness (QED) is 0.690. The summed E-state index contributed by atoms with van der Waals surface area (Å²) in [7, 11) is 1.30. The standard InChI is InChI=1S/C19H18N2O3S/c1-24-19(23)17(15-7-8-25-11-15)21-18(22)13-6-5-12-3-2-4-14(10-20)16(12)9-13/h2-9,11,17H,10,20H2,1H3,(H,21,22). The van der Waals surface area contributed by atoms with E-state index in [0.29, 0.717) is 17.7 Å². The number of fused-ring (bicyclic) bond motifs is 1. The molecule has 3 rings (SSSR count). The van der Waals surface area contributed by atoms with Crippen LogP contribution in [0.25, 0.3) is 10.8 Å². The van der Waals surface area contributed by atoms with Gasteiger partial charge in [0.25, 0.3) is 5.91 Å². The zero-order chi connectivity index (χ0) is 17.8. The number of hydrogen-bond donors (Lipinski definition) is 2. The van der Waals surface area contributed by atoms with Crippen molar-refractivity contribution in [3.63, 3.8) is 0 Å². The van der Waals surface area contributed by atoms with Gasteiger partial charge in [0.15, 0.2) is 6.04 Å². The Morgan fingerprint density at radius 3 is 2.76 bits per heavy atom. The van der Waals surface area contributed by atoms with Gasteiger partial charge in [-0.3, -0.25) is 4.79 Å². The van der Waals surface area contributed by atoms with Gasteiger partial charge < -0.3 is 15.8 Å². The first kappa shape index (κ1) is 17.1. The number of esters is 1. The Morgan fingerprint density at radius 1 is 1.24 bits per heavy atom. The van der Waals surface area contributed by atoms with Crippen molar-refractivity contribution >= 4 is 34.0 Å². The van der Waals surface area contributed by atoms with Gasteiger partial charge in [0, 0.05) is 12.1 Å². The van der Waals surface area contributed by atoms with Crippen LogP contribution in [-0.2, 0) is 16.1 Å². The maximum absolute atomic E-state index is 12.7. The molecule has 0 aliphatic rings. The van der Waals surface area contributed by atoms with E-state index in [2.05, 4.69) is 5.32 Å². The molecule has 1 unspecified atom stereocenters. The van der Waals surface area contributed by atoms with E-state index in [1.54, 1.807) is 18.2 Å². The van der Waals surface area contributed by atoms with Crippen molar-refractivity contribution in [2.75, 3.05) is 7.11 Å². The molecule has 0 spiro atoms. The minimum Gasteiger partial charge on any atom is -0.467 e. The summed E-state index contributed by atoms with van der Waals surface area (Å²) in [6.45, 7) is 0.391. The molecule has 3 aromatic rings. The van der Waals surface area contributed by atoms with Gasteiger partial charge in [0.05, 0.1) is 7.11 Å². The number of nitrogens with two attached hydrogens (primary N) is 1. The van der Waals surface area contributed by atoms with E-state index in [9.17, 15) is 9.59 Å². The topological polar surface area (TPSA) is 81.4 Å². The first-order chi connectivity index (χ1) is 12.1. The lowest BCUT2D eigenvalue weighted by molar-refractivity contribution is -0.143. The van der Waals surface area contributed by atoms with Gasteiger partial charge in [-0.2, -0.15) is 11.3 Å². The number of amides is 1. The van der Waals surface area contributed by atoms with Crippen molar-refractivity contribution in [1.29, 1.82) is 0 Å². The molecular formula is C19H18N2O3S. The number of methoxy groups -OCH3 is 1. The Kier molecular flexibility index (Phi) is 5.11. The van der Waals surface area contributed by atoms with Crippen LogP contribution < -0.4 is 11.1 Å². The molecule has 0 radical (unpaired) electrons. The van der Waals surface area contributed by atoms with E-state index < -0.39 is 12.0 Å². The monoisotopic (exact) mass is 354 g/mol. The largest absolute Gasteiger partial charge is 0.467 e. The van der Waals surface area contributed by atoms with Crippen LogP contribution in [0.5, 0.6) is 0 Å². The van der Waals surface area contributed by atoms with E-state index in [1.165, 1.54) is 18.4 Å². The summed E-state index contributed by atoms with van der Waals surface area (Å²) < 4.78 is 4.81. The Labute approximate surface area is 149 Å². The highest BCUT2D eigenvalue weighted by molar-refractivity contribution is 7.08. The molecule has 1 heterocycles. The third-order valence-electron chi connectivity index (χ3n) is 4.04. The molecule has 0 fully saturated rings. The lowest BCUT2D eigenvalue weighted by atomic mass is 10.0. The van der Waals surface area contributed by atoms with Crippen molar-refractivity contribution in [2.45, 2.75) is 12.6 Å². The van der Waals surface area contributed by atoms with Gasteiger partial charge in [-0.15, -0.1) is 0 Å². The van der Waals surface area contributed by atoms with Crippen molar-refractivity contribution in [1.82, 2.24) is 5.32 Å². The predicted octanol–water partition coefficient (Wildman–Crippen LogP) is 3.00. The molecule has 0 saturated carbocycles. The van der Waals surface area contributed by atoms with Crippen molar-refractivity contribution in [2.24, 2.45) is 5.73 Å². The summed E-state index contributed by atoms with van der Waals surface area (Å²) >= 11 is 1.45. The highest BCUT2D eigenvalue weighted by Crippen LogP contribution is 2.22. The second kappa shape index (κ2) is 7.46. The Balaban J connectivity index is 1.92. The van der Waals surface area contributed by atoms with E-state index in [1.807, 2.05) is 35.0 Å². The van der Waals surface area contributed by atoms with Gasteiger partial charge in [-0.05, 0) is 50.9 Å². The zero-order valence-corrected chi connectivity index (χ0v) is 14.5. The van der Waals surface area contributed by atoms with Crippen molar-refractivity contribution in [3.05, 3.63) is 69.9 Å². The lowest BCUT2D eigenvalue weighted by Crippen LogP contribution is -2.34. The average molecular weight is 354 g/mol. The van der Waals surface area contributed by atoms with Crippen molar-refractivity contribution in [3.8, 4) is 0 Å². The van der Waals surface area contributed by atoms with E-state index in [-0.39, 0.29) is 5.91 Å². The van der Waals surface area contributed by atoms with Crippen molar-refractivity contribution < 1.29 is 14.3 Å². The van der Waals surface area contributed by atoms with E-state index in [0.717, 1.165) is 16.3 Å². The normalized spacial score (nSPS) is 11.9. The number of hydrogen-bond acceptors (Lipinski definition) is 5. The van der Waals surface area contributed by atoms with Crippen LogP contribution in [0.3, 0.4) is 0 Å². The minimum atomic E-state index is -0.829. The van der Waals surface area contributed by atoms with Crippen LogP contribution in [0.15, 0.2) is 53.2 Å². The minimum absolute atomic E-state index is 0.338. The van der Waals surface area contributed by atoms with Crippen LogP contribution in [0.4, 0.5) is 0 Å². The molecule has 6 heteroatoms. The van der Waals surface area contributed by atoms with Crippen LogP contribution >= 0.6 is 11.3 Å². The maximum atomic E-state index is 12.7. The number of carbonyl (C=O) groups excluding carboxylic acids is 2. The smallest absolute Gasteiger partial charge is 0.333 e. The van der Waals surface area contributed by atoms with Gasteiger partial charge in [-0.1, -0.05) is 24.3 Å². The molecule has 128 valence electrons. The molecule has 5 nitrogen and oxygen atoms in total. The summed E-state index contributed by atoms with van der Waals surface area (Å²) in [5, 5.41) is 8.36. The number of ether oxygens (including phenoxy) is 1. The molecule has 1 atom stereocenters. The molecule has 3 N–H and O–H groups in total. The van der Waals surface area contributed by atoms with E-state index in [4.69, 9.17) is 10.5 Å². The highest BCUT2D eigenvalue weighted by Gasteiger charge is 2.24. The van der Waals surface area contributed by atoms with Gasteiger partial charge in [0.1, 0.15) is 0 Å². The number of carbonyl (C=O) groups is 2. The maximum Gasteiger partial charge on any atom is 0.333 e. The SMILES string of the molecule is COC(=O)C(NC(=O)c1ccc2cccc(CN)c2c1)c1ccsc1. The fourth-order valence-electron chi connectivity index (χ4n) is 2.71. The first-order valence-corrected chi connectivity index (χ1v) is 8.71. The Bertz CT molecular complexity index is 906. The molecule has 0 aliphatic heterocycles. The summed E-state index contributed by atoms with van der Waals surface area (Å²) in [5.41, 5.74) is 7.92. The third kappa shape index (κ3) is 3.55. The Hall–Kier alpha value is -2.70. The number of benzene rings is 2. The van der Waals surface area contributed by atoms with Crippen LogP contribution in [0.1, 0.15) is 27.5 Å². The van der Waals surface area contributed by atoms with Gasteiger partial charge >= 0.3 is 5.97 Å². The van der Waals surface area contributed by atoms with Crippen LogP contribution in [0, 0.1) is 0 Å². The molecule has 0 bridgehead atoms. The fraction of sp³-hybridized carbons (Fsp3) is 0.158. The van der Waals surface area contributed by atoms with Crippen LogP contribution in [0.2, 0.25) is 0 Å². The first-order valence-electron chi connectivity index (χ1n) is 7.76. The second-order valence-corrected chi connectivity index (χ2v) is 6.32. The summed E-state index contributed by atoms with van der Waals surface area (Å²) in [6.07, 6.45) is 0. The zero-order valence-electron chi connectivity index (χ0n) is 13.7. The summed E-state index contributed by atoms with van der Waals surface area (Å²) in [6, 6.07) is 12.2. The lowest BCUT2D eigenvalue weighted by Gasteiger charge is -2.16. The molecule has 2 aromatic carbocycles. The van der Waals surface area contributed by atoms with E-state index >= 15 is 0 Å². The molecule has 25 heavy (non-hydrogen) atoms. The summed E-state index contributed by atoms with van der Waals surface area (Å²) in [4.78, 5) is 24.7. The highest BCUT2D eigenvalue weighted by atomic mass is 32.1. The van der Waals surface area contributed by atoms with Gasteiger partial charge in [-0.25, -0.2) is 4.79 Å². The summed E-state index contributed by atoms with van der Waals surface area (Å²) in [5.74, 6) is -0.842. The second-order valence-electron chi connectivity index (χ2n) is 5.54. The fourth-order valence-corrected chi connectivity index (χ4v) is 3.39. The number of rotatable bonds is 5. The molecule has 0 aliphatic carbocycles. The molecular weight excluding hydrogens is 336 g/mol. The number of nitrogens with one attached hydrogen (secondary N) is 1. The molecule has 1 amide bonds. The predicted molar refractivity (Wildman–Crippen MR) is 98.4 cm³/mol. The van der Waals surface area contributed by atoms with Gasteiger partial charge in [0.2, 0.25) is 0 Å². The average Bonchev–Trinajstić information content (AvgIpc) is 3.18.